The predicted octanol–water partition coefficient (Wildman–Crippen LogP) is 23.9. The second-order valence-electron chi connectivity index (χ2n) is 27.0. The fourth-order valence-electron chi connectivity index (χ4n) is 10.7. The van der Waals surface area contributed by atoms with E-state index >= 15 is 0 Å². The molecular weight excluding hydrogens is 1350 g/mol. The van der Waals surface area contributed by atoms with Crippen LogP contribution in [0.1, 0.15) is 336 Å². The van der Waals surface area contributed by atoms with Crippen LogP contribution in [0.25, 0.3) is 0 Å². The Kier molecular flexibility index (Phi) is 73.3. The number of ether oxygens (including phenoxy) is 4. The lowest BCUT2D eigenvalue weighted by Crippen LogP contribution is -2.30. The zero-order valence-electron chi connectivity index (χ0n) is 65.4. The minimum absolute atomic E-state index is 0.0699. The van der Waals surface area contributed by atoms with E-state index in [0.29, 0.717) is 25.7 Å². The van der Waals surface area contributed by atoms with Gasteiger partial charge >= 0.3 is 39.5 Å². The van der Waals surface area contributed by atoms with Gasteiger partial charge in [0.2, 0.25) is 0 Å². The lowest BCUT2D eigenvalue weighted by molar-refractivity contribution is -0.161. The van der Waals surface area contributed by atoms with Gasteiger partial charge in [0.1, 0.15) is 19.3 Å². The molecule has 0 aromatic heterocycles. The maximum atomic E-state index is 13.1. The Hall–Kier alpha value is -4.54. The predicted molar refractivity (Wildman–Crippen MR) is 427 cm³/mol. The third-order valence-corrected chi connectivity index (χ3v) is 18.8. The summed E-state index contributed by atoms with van der Waals surface area (Å²) < 4.78 is 68.6. The van der Waals surface area contributed by atoms with Crippen LogP contribution in [0.3, 0.4) is 0 Å². The summed E-state index contributed by atoms with van der Waals surface area (Å²) >= 11 is 0. The molecule has 0 fully saturated rings. The van der Waals surface area contributed by atoms with Crippen molar-refractivity contribution in [1.82, 2.24) is 0 Å². The lowest BCUT2D eigenvalue weighted by Gasteiger charge is -2.21. The minimum Gasteiger partial charge on any atom is -0.462 e. The van der Waals surface area contributed by atoms with Crippen LogP contribution in [-0.2, 0) is 65.4 Å². The van der Waals surface area contributed by atoms with Gasteiger partial charge in [-0.15, -0.1) is 0 Å². The molecule has 0 heterocycles. The third kappa shape index (κ3) is 75.7. The van der Waals surface area contributed by atoms with Crippen molar-refractivity contribution in [2.75, 3.05) is 39.6 Å². The average molecular weight is 1500 g/mol. The summed E-state index contributed by atoms with van der Waals surface area (Å²) in [5.41, 5.74) is 0. The number of allylic oxidation sites excluding steroid dienone is 20. The van der Waals surface area contributed by atoms with E-state index in [9.17, 15) is 43.2 Å². The van der Waals surface area contributed by atoms with Crippen molar-refractivity contribution in [2.24, 2.45) is 0 Å². The van der Waals surface area contributed by atoms with Crippen LogP contribution >= 0.6 is 15.6 Å². The van der Waals surface area contributed by atoms with Gasteiger partial charge in [0.25, 0.3) is 0 Å². The molecule has 0 aliphatic carbocycles. The monoisotopic (exact) mass is 1500 g/mol. The van der Waals surface area contributed by atoms with E-state index in [1.807, 2.05) is 0 Å². The van der Waals surface area contributed by atoms with E-state index in [1.165, 1.54) is 57.8 Å². The van der Waals surface area contributed by atoms with Gasteiger partial charge in [-0.2, -0.15) is 0 Å². The second kappa shape index (κ2) is 76.6. The number of rotatable bonds is 76. The summed E-state index contributed by atoms with van der Waals surface area (Å²) in [5.74, 6) is -2.23. The zero-order valence-corrected chi connectivity index (χ0v) is 67.2. The zero-order chi connectivity index (χ0) is 76.0. The van der Waals surface area contributed by atoms with Crippen molar-refractivity contribution >= 4 is 39.5 Å². The van der Waals surface area contributed by atoms with E-state index in [1.54, 1.807) is 0 Å². The molecule has 0 aromatic rings. The van der Waals surface area contributed by atoms with Gasteiger partial charge < -0.3 is 33.8 Å². The quantitative estimate of drug-likeness (QED) is 0.0169. The largest absolute Gasteiger partial charge is 0.472 e. The number of aliphatic hydroxyl groups is 1. The number of hydrogen-bond acceptors (Lipinski definition) is 15. The summed E-state index contributed by atoms with van der Waals surface area (Å²) in [7, 11) is -9.98. The van der Waals surface area contributed by atoms with Gasteiger partial charge in [0.05, 0.1) is 26.4 Å². The van der Waals surface area contributed by atoms with Crippen LogP contribution in [0.5, 0.6) is 0 Å². The number of aliphatic hydroxyl groups excluding tert-OH is 1. The Labute approximate surface area is 632 Å². The lowest BCUT2D eigenvalue weighted by atomic mass is 10.1. The highest BCUT2D eigenvalue weighted by Crippen LogP contribution is 2.45. The third-order valence-electron chi connectivity index (χ3n) is 16.9. The number of carbonyl (C=O) groups is 4. The maximum absolute atomic E-state index is 13.1. The topological polar surface area (TPSA) is 237 Å². The van der Waals surface area contributed by atoms with Gasteiger partial charge in [0, 0.05) is 25.7 Å². The molecule has 5 atom stereocenters. The van der Waals surface area contributed by atoms with Gasteiger partial charge in [0.15, 0.2) is 12.2 Å². The Bertz CT molecular complexity index is 2440. The maximum Gasteiger partial charge on any atom is 0.472 e. The molecule has 598 valence electrons. The van der Waals surface area contributed by atoms with Crippen molar-refractivity contribution in [2.45, 2.75) is 354 Å². The summed E-state index contributed by atoms with van der Waals surface area (Å²) in [4.78, 5) is 73.1. The number of carbonyl (C=O) groups excluding carboxylic acids is 4. The molecule has 0 saturated carbocycles. The second-order valence-corrected chi connectivity index (χ2v) is 29.9. The summed E-state index contributed by atoms with van der Waals surface area (Å²) in [6, 6.07) is 0. The van der Waals surface area contributed by atoms with E-state index in [0.717, 1.165) is 199 Å². The molecule has 0 aliphatic heterocycles. The Morgan fingerprint density at radius 2 is 0.500 bits per heavy atom. The minimum atomic E-state index is -4.99. The Morgan fingerprint density at radius 1 is 0.279 bits per heavy atom. The fraction of sp³-hybridized carbons (Fsp3) is 0.718. The number of unbranched alkanes of at least 4 members (excludes halogenated alkanes) is 30. The molecule has 0 aromatic carbocycles. The summed E-state index contributed by atoms with van der Waals surface area (Å²) in [6.45, 7) is 4.64. The smallest absolute Gasteiger partial charge is 0.462 e. The Morgan fingerprint density at radius 3 is 0.769 bits per heavy atom. The highest BCUT2D eigenvalue weighted by atomic mass is 31.2. The van der Waals surface area contributed by atoms with Crippen molar-refractivity contribution in [3.8, 4) is 0 Å². The summed E-state index contributed by atoms with van der Waals surface area (Å²) in [5, 5.41) is 10.6. The van der Waals surface area contributed by atoms with E-state index in [-0.39, 0.29) is 25.7 Å². The van der Waals surface area contributed by atoms with Crippen LogP contribution in [0.2, 0.25) is 0 Å². The molecule has 5 unspecified atom stereocenters. The standard InChI is InChI=1S/C85H146O17P2/c1-5-9-13-17-21-25-29-33-37-38-39-40-44-46-50-54-58-62-66-70-83(88)96-76-81(102-85(90)72-68-64-60-56-52-48-43-36-32-28-24-20-16-12-8-4)78-100-104(93,94)98-74-79(86)73-97-103(91,92)99-77-80(101-84(89)71-67-63-59-55-51-47-42-35-31-27-23-19-15-11-7-3)75-95-82(87)69-65-61-57-53-49-45-41-34-30-26-22-18-14-10-6-2/h12,16,21-28,33-37,39-43,79-81,86H,5-11,13-15,17-20,29-32,38,44-78H2,1-4H3,(H,91,92)(H,93,94)/b16-12-,25-21-,26-22-,27-23-,28-24-,37-33-,40-39-,41-34-,42-35-,43-36-. The highest BCUT2D eigenvalue weighted by Gasteiger charge is 2.30. The molecular formula is C85H146O17P2. The van der Waals surface area contributed by atoms with Gasteiger partial charge in [-0.1, -0.05) is 271 Å². The first-order valence-electron chi connectivity index (χ1n) is 40.8. The van der Waals surface area contributed by atoms with E-state index < -0.39 is 97.5 Å². The van der Waals surface area contributed by atoms with Crippen LogP contribution in [0.4, 0.5) is 0 Å². The number of hydrogen-bond donors (Lipinski definition) is 3. The molecule has 104 heavy (non-hydrogen) atoms. The van der Waals surface area contributed by atoms with Crippen LogP contribution in [0.15, 0.2) is 122 Å². The number of esters is 4. The molecule has 0 aliphatic rings. The average Bonchev–Trinajstić information content (AvgIpc) is 0.999. The molecule has 19 heteroatoms. The molecule has 0 bridgehead atoms. The molecule has 0 radical (unpaired) electrons. The molecule has 0 rings (SSSR count). The van der Waals surface area contributed by atoms with Crippen molar-refractivity contribution in [3.05, 3.63) is 122 Å². The van der Waals surface area contributed by atoms with Gasteiger partial charge in [-0.05, 0) is 161 Å². The number of phosphoric acid groups is 2. The van der Waals surface area contributed by atoms with Crippen molar-refractivity contribution in [3.63, 3.8) is 0 Å². The Balaban J connectivity index is 5.40. The van der Waals surface area contributed by atoms with Crippen LogP contribution in [-0.4, -0.2) is 96.7 Å². The molecule has 0 amide bonds. The van der Waals surface area contributed by atoms with Crippen molar-refractivity contribution < 1.29 is 80.2 Å². The van der Waals surface area contributed by atoms with Gasteiger partial charge in [-0.25, -0.2) is 9.13 Å². The van der Waals surface area contributed by atoms with E-state index in [2.05, 4.69) is 149 Å². The summed E-state index contributed by atoms with van der Waals surface area (Å²) in [6.07, 6.45) is 84.5. The molecule has 0 saturated heterocycles. The fourth-order valence-corrected chi connectivity index (χ4v) is 12.2. The number of phosphoric ester groups is 2. The van der Waals surface area contributed by atoms with E-state index in [4.69, 9.17) is 37.0 Å². The SMILES string of the molecule is CC/C=C\C/C=C\C/C=C\CCCCCCCC(=O)OC(COC(=O)CCCCCCCC/C=C\C/C=C\C/C=C\CCCCC)COP(=O)(O)OCC(O)COP(=O)(O)OCC(COC(=O)CCCCCCC/C=C\C/C=C\CCCCC)OC(=O)CCCCCCC/C=C\C/C=C\CCCCC. The molecule has 3 N–H and O–H groups in total. The first kappa shape index (κ1) is 99.5. The van der Waals surface area contributed by atoms with Crippen LogP contribution in [0, 0.1) is 0 Å². The van der Waals surface area contributed by atoms with Crippen molar-refractivity contribution in [1.29, 1.82) is 0 Å². The highest BCUT2D eigenvalue weighted by molar-refractivity contribution is 7.47. The first-order chi connectivity index (χ1) is 50.7. The van der Waals surface area contributed by atoms with Crippen LogP contribution < -0.4 is 0 Å². The molecule has 17 nitrogen and oxygen atoms in total. The normalized spacial score (nSPS) is 14.5. The first-order valence-corrected chi connectivity index (χ1v) is 43.8. The van der Waals surface area contributed by atoms with Gasteiger partial charge in [-0.3, -0.25) is 37.3 Å². The molecule has 0 spiro atoms.